The van der Waals surface area contributed by atoms with Crippen LogP contribution in [0.4, 0.5) is 5.69 Å². The molecule has 0 heterocycles. The Balaban J connectivity index is 2.11. The monoisotopic (exact) mass is 290 g/mol. The third kappa shape index (κ3) is 3.70. The molecule has 4 N–H and O–H groups in total. The molecule has 0 saturated heterocycles. The van der Waals surface area contributed by atoms with Gasteiger partial charge in [0.1, 0.15) is 0 Å². The highest BCUT2D eigenvalue weighted by Gasteiger charge is 2.19. The summed E-state index contributed by atoms with van der Waals surface area (Å²) < 4.78 is 0. The maximum Gasteiger partial charge on any atom is 0.160 e. The third-order valence-electron chi connectivity index (χ3n) is 3.87. The molecule has 4 nitrogen and oxygen atoms in total. The van der Waals surface area contributed by atoms with Gasteiger partial charge in [0.2, 0.25) is 0 Å². The van der Waals surface area contributed by atoms with Crippen molar-refractivity contribution in [2.45, 2.75) is 32.1 Å². The van der Waals surface area contributed by atoms with Crippen LogP contribution in [0.2, 0.25) is 0 Å². The van der Waals surface area contributed by atoms with Crippen molar-refractivity contribution in [1.82, 2.24) is 4.90 Å². The summed E-state index contributed by atoms with van der Waals surface area (Å²) >= 11 is 5.15. The second-order valence-corrected chi connectivity index (χ2v) is 5.55. The summed E-state index contributed by atoms with van der Waals surface area (Å²) in [6.45, 7) is 0.893. The Labute approximate surface area is 125 Å². The van der Waals surface area contributed by atoms with Crippen molar-refractivity contribution in [3.05, 3.63) is 29.8 Å². The molecule has 0 spiro atoms. The fourth-order valence-electron chi connectivity index (χ4n) is 2.77. The summed E-state index contributed by atoms with van der Waals surface area (Å²) in [5.74, 6) is 6.96. The topological polar surface area (TPSA) is 67.6 Å². The van der Waals surface area contributed by atoms with Gasteiger partial charge in [-0.05, 0) is 43.0 Å². The maximum absolute atomic E-state index is 5.71. The molecule has 0 atom stereocenters. The van der Waals surface area contributed by atoms with Crippen molar-refractivity contribution in [2.75, 3.05) is 12.3 Å². The molecule has 0 bridgehead atoms. The average molecular weight is 290 g/mol. The van der Waals surface area contributed by atoms with Crippen LogP contribution in [0.5, 0.6) is 0 Å². The molecule has 1 fully saturated rings. The van der Waals surface area contributed by atoms with E-state index in [0.717, 1.165) is 17.8 Å². The minimum absolute atomic E-state index is 0.675. The van der Waals surface area contributed by atoms with Crippen LogP contribution in [0.25, 0.3) is 0 Å². The third-order valence-corrected chi connectivity index (χ3v) is 4.12. The summed E-state index contributed by atoms with van der Waals surface area (Å²) in [5.41, 5.74) is 9.03. The van der Waals surface area contributed by atoms with Gasteiger partial charge in [-0.25, -0.2) is 0 Å². The summed E-state index contributed by atoms with van der Waals surface area (Å²) in [6, 6.07) is 7.55. The van der Waals surface area contributed by atoms with E-state index in [0.29, 0.717) is 11.8 Å². The van der Waals surface area contributed by atoms with Crippen LogP contribution >= 0.6 is 12.2 Å². The molecule has 1 saturated carbocycles. The Bertz CT molecular complexity index is 463. The lowest BCUT2D eigenvalue weighted by Crippen LogP contribution is -2.35. The highest BCUT2D eigenvalue weighted by molar-refractivity contribution is 7.78. The van der Waals surface area contributed by atoms with Crippen LogP contribution in [0.1, 0.15) is 37.7 Å². The van der Waals surface area contributed by atoms with Crippen LogP contribution in [0, 0.1) is 5.92 Å². The van der Waals surface area contributed by atoms with E-state index in [9.17, 15) is 0 Å². The smallest absolute Gasteiger partial charge is 0.160 e. The van der Waals surface area contributed by atoms with E-state index in [1.165, 1.54) is 32.1 Å². The minimum atomic E-state index is 0.675. The minimum Gasteiger partial charge on any atom is -0.399 e. The van der Waals surface area contributed by atoms with Crippen molar-refractivity contribution in [2.24, 2.45) is 16.9 Å². The van der Waals surface area contributed by atoms with Gasteiger partial charge in [0, 0.05) is 17.8 Å². The molecule has 0 amide bonds. The van der Waals surface area contributed by atoms with E-state index in [1.807, 2.05) is 29.2 Å². The quantitative estimate of drug-likeness (QED) is 0.223. The van der Waals surface area contributed by atoms with Gasteiger partial charge in [0.25, 0.3) is 0 Å². The van der Waals surface area contributed by atoms with Crippen molar-refractivity contribution in [1.29, 1.82) is 0 Å². The number of rotatable bonds is 4. The van der Waals surface area contributed by atoms with Crippen LogP contribution in [-0.2, 0) is 0 Å². The molecule has 0 unspecified atom stereocenters. The molecule has 108 valence electrons. The molecule has 0 aliphatic heterocycles. The molecule has 0 radical (unpaired) electrons. The Hall–Kier alpha value is -1.62. The van der Waals surface area contributed by atoms with E-state index in [4.69, 9.17) is 23.8 Å². The van der Waals surface area contributed by atoms with Crippen molar-refractivity contribution in [3.63, 3.8) is 0 Å². The number of thiocarbonyl (C=S) groups is 1. The first-order valence-corrected chi connectivity index (χ1v) is 7.57. The van der Waals surface area contributed by atoms with Gasteiger partial charge >= 0.3 is 0 Å². The SMILES string of the molecule is N/N=C(/c1ccc(N)cc1)N(C=S)CC1CCCCC1. The number of hydrogen-bond acceptors (Lipinski definition) is 4. The number of anilines is 1. The summed E-state index contributed by atoms with van der Waals surface area (Å²) in [4.78, 5) is 1.98. The Morgan fingerprint density at radius 2 is 1.90 bits per heavy atom. The standard InChI is InChI=1S/C15H22N4S/c16-14-8-6-13(7-9-14)15(18-17)19(11-20)10-12-4-2-1-3-5-12/h6-9,11-12H,1-5,10,16-17H2/b18-15-. The first-order valence-electron chi connectivity index (χ1n) is 7.10. The van der Waals surface area contributed by atoms with E-state index in [2.05, 4.69) is 5.10 Å². The predicted octanol–water partition coefficient (Wildman–Crippen LogP) is 2.73. The summed E-state index contributed by atoms with van der Waals surface area (Å²) in [7, 11) is 0. The van der Waals surface area contributed by atoms with Gasteiger partial charge in [0.05, 0.1) is 5.49 Å². The highest BCUT2D eigenvalue weighted by Crippen LogP contribution is 2.24. The van der Waals surface area contributed by atoms with Gasteiger partial charge in [0.15, 0.2) is 5.84 Å². The number of nitrogen functional groups attached to an aromatic ring is 1. The van der Waals surface area contributed by atoms with Crippen LogP contribution in [0.15, 0.2) is 29.4 Å². The van der Waals surface area contributed by atoms with E-state index >= 15 is 0 Å². The zero-order chi connectivity index (χ0) is 14.4. The maximum atomic E-state index is 5.71. The van der Waals surface area contributed by atoms with Crippen LogP contribution in [-0.4, -0.2) is 22.8 Å². The lowest BCUT2D eigenvalue weighted by molar-refractivity contribution is 0.322. The van der Waals surface area contributed by atoms with E-state index < -0.39 is 0 Å². The van der Waals surface area contributed by atoms with Crippen molar-refractivity contribution in [3.8, 4) is 0 Å². The zero-order valence-corrected chi connectivity index (χ0v) is 12.5. The van der Waals surface area contributed by atoms with Gasteiger partial charge in [-0.2, -0.15) is 5.10 Å². The molecule has 1 aromatic rings. The Morgan fingerprint density at radius 3 is 2.45 bits per heavy atom. The Kier molecular flexibility index (Phi) is 5.35. The molecule has 0 aromatic heterocycles. The zero-order valence-electron chi connectivity index (χ0n) is 11.7. The van der Waals surface area contributed by atoms with Gasteiger partial charge in [-0.3, -0.25) is 0 Å². The molecule has 20 heavy (non-hydrogen) atoms. The van der Waals surface area contributed by atoms with Gasteiger partial charge in [-0.15, -0.1) is 0 Å². The fourth-order valence-corrected chi connectivity index (χ4v) is 2.96. The number of benzene rings is 1. The van der Waals surface area contributed by atoms with Gasteiger partial charge < -0.3 is 16.5 Å². The molecule has 5 heteroatoms. The average Bonchev–Trinajstić information content (AvgIpc) is 2.49. The molecule has 1 aromatic carbocycles. The first-order chi connectivity index (χ1) is 9.74. The number of amidine groups is 1. The van der Waals surface area contributed by atoms with Crippen molar-refractivity contribution >= 4 is 29.2 Å². The van der Waals surface area contributed by atoms with E-state index in [1.54, 1.807) is 5.49 Å². The largest absolute Gasteiger partial charge is 0.399 e. The lowest BCUT2D eigenvalue weighted by Gasteiger charge is -2.28. The van der Waals surface area contributed by atoms with Crippen LogP contribution in [0.3, 0.4) is 0 Å². The van der Waals surface area contributed by atoms with Crippen LogP contribution < -0.4 is 11.6 Å². The summed E-state index contributed by atoms with van der Waals surface area (Å²) in [6.07, 6.45) is 6.50. The Morgan fingerprint density at radius 1 is 1.25 bits per heavy atom. The fraction of sp³-hybridized carbons (Fsp3) is 0.467. The van der Waals surface area contributed by atoms with Gasteiger partial charge in [-0.1, -0.05) is 31.5 Å². The predicted molar refractivity (Wildman–Crippen MR) is 88.5 cm³/mol. The number of hydrogen-bond donors (Lipinski definition) is 2. The molecular formula is C15H22N4S. The lowest BCUT2D eigenvalue weighted by atomic mass is 9.89. The summed E-state index contributed by atoms with van der Waals surface area (Å²) in [5, 5.41) is 3.93. The number of hydrazone groups is 1. The molecule has 1 aliphatic carbocycles. The highest BCUT2D eigenvalue weighted by atomic mass is 32.1. The first kappa shape index (κ1) is 14.8. The molecular weight excluding hydrogens is 268 g/mol. The van der Waals surface area contributed by atoms with Crippen molar-refractivity contribution < 1.29 is 0 Å². The van der Waals surface area contributed by atoms with E-state index in [-0.39, 0.29) is 0 Å². The molecule has 1 aliphatic rings. The second-order valence-electron chi connectivity index (χ2n) is 5.34. The molecule has 2 rings (SSSR count). The second kappa shape index (κ2) is 7.24. The number of nitrogens with two attached hydrogens (primary N) is 2. The normalized spacial score (nSPS) is 16.9. The number of nitrogens with zero attached hydrogens (tertiary/aromatic N) is 2.